The highest BCUT2D eigenvalue weighted by Crippen LogP contribution is 2.31. The summed E-state index contributed by atoms with van der Waals surface area (Å²) in [7, 11) is 0. The molecule has 3 rings (SSSR count). The molecule has 2 atom stereocenters. The molecule has 0 aromatic carbocycles. The van der Waals surface area contributed by atoms with Crippen molar-refractivity contribution >= 4 is 5.91 Å². The van der Waals surface area contributed by atoms with Crippen LogP contribution in [0, 0.1) is 0 Å². The van der Waals surface area contributed by atoms with Gasteiger partial charge in [0.25, 0.3) is 5.91 Å². The second-order valence-electron chi connectivity index (χ2n) is 7.89. The van der Waals surface area contributed by atoms with Crippen LogP contribution in [0.4, 0.5) is 0 Å². The lowest BCUT2D eigenvalue weighted by atomic mass is 10.0. The van der Waals surface area contributed by atoms with E-state index in [9.17, 15) is 4.79 Å². The van der Waals surface area contributed by atoms with Gasteiger partial charge in [-0.3, -0.25) is 14.4 Å². The molecular formula is C18H30N4O. The van der Waals surface area contributed by atoms with Crippen molar-refractivity contribution in [2.24, 2.45) is 0 Å². The summed E-state index contributed by atoms with van der Waals surface area (Å²) in [6.07, 6.45) is 8.39. The summed E-state index contributed by atoms with van der Waals surface area (Å²) in [6, 6.07) is 0.923. The summed E-state index contributed by atoms with van der Waals surface area (Å²) in [5.41, 5.74) is 0.640. The molecule has 1 aromatic heterocycles. The number of hydrogen-bond acceptors (Lipinski definition) is 3. The molecule has 2 aliphatic heterocycles. The van der Waals surface area contributed by atoms with Gasteiger partial charge < -0.3 is 4.90 Å². The van der Waals surface area contributed by atoms with Crippen LogP contribution in [-0.4, -0.2) is 57.2 Å². The van der Waals surface area contributed by atoms with E-state index in [2.05, 4.69) is 42.6 Å². The van der Waals surface area contributed by atoms with Gasteiger partial charge >= 0.3 is 0 Å². The van der Waals surface area contributed by atoms with Crippen molar-refractivity contribution in [1.82, 2.24) is 19.6 Å². The number of aromatic nitrogens is 2. The molecule has 1 aromatic rings. The van der Waals surface area contributed by atoms with E-state index in [-0.39, 0.29) is 11.4 Å². The molecule has 5 heteroatoms. The van der Waals surface area contributed by atoms with E-state index in [4.69, 9.17) is 0 Å². The Hall–Kier alpha value is -1.36. The molecule has 5 nitrogen and oxygen atoms in total. The zero-order chi connectivity index (χ0) is 16.6. The number of nitrogens with zero attached hydrogens (tertiary/aromatic N) is 4. The molecule has 3 heterocycles. The molecule has 0 aliphatic carbocycles. The van der Waals surface area contributed by atoms with Gasteiger partial charge in [-0.1, -0.05) is 6.92 Å². The zero-order valence-corrected chi connectivity index (χ0v) is 15.0. The fourth-order valence-electron chi connectivity index (χ4n) is 4.09. The maximum absolute atomic E-state index is 13.0. The minimum absolute atomic E-state index is 0.0899. The van der Waals surface area contributed by atoms with E-state index < -0.39 is 0 Å². The monoisotopic (exact) mass is 318 g/mol. The Morgan fingerprint density at radius 1 is 1.22 bits per heavy atom. The third-order valence-electron chi connectivity index (χ3n) is 5.34. The Bertz CT molecular complexity index is 560. The second-order valence-corrected chi connectivity index (χ2v) is 7.89. The molecular weight excluding hydrogens is 288 g/mol. The van der Waals surface area contributed by atoms with Crippen LogP contribution in [0.5, 0.6) is 0 Å². The van der Waals surface area contributed by atoms with Gasteiger partial charge in [-0.2, -0.15) is 5.10 Å². The van der Waals surface area contributed by atoms with Crippen molar-refractivity contribution in [3.05, 3.63) is 18.0 Å². The van der Waals surface area contributed by atoms with Crippen molar-refractivity contribution in [3.63, 3.8) is 0 Å². The summed E-state index contributed by atoms with van der Waals surface area (Å²) >= 11 is 0. The van der Waals surface area contributed by atoms with Crippen LogP contribution in [0.3, 0.4) is 0 Å². The third kappa shape index (κ3) is 3.16. The lowest BCUT2D eigenvalue weighted by Crippen LogP contribution is -2.48. The van der Waals surface area contributed by atoms with Gasteiger partial charge in [-0.05, 0) is 59.5 Å². The highest BCUT2D eigenvalue weighted by Gasteiger charge is 2.39. The molecule has 0 spiro atoms. The molecule has 0 saturated carbocycles. The van der Waals surface area contributed by atoms with Crippen LogP contribution in [0.25, 0.3) is 0 Å². The summed E-state index contributed by atoms with van der Waals surface area (Å²) in [4.78, 5) is 17.7. The normalized spacial score (nSPS) is 26.2. The van der Waals surface area contributed by atoms with Crippen molar-refractivity contribution in [3.8, 4) is 0 Å². The fourth-order valence-corrected chi connectivity index (χ4v) is 4.09. The molecule has 23 heavy (non-hydrogen) atoms. The van der Waals surface area contributed by atoms with E-state index in [1.165, 1.54) is 19.4 Å². The molecule has 0 N–H and O–H groups in total. The van der Waals surface area contributed by atoms with Crippen LogP contribution in [0.15, 0.2) is 12.4 Å². The van der Waals surface area contributed by atoms with Crippen LogP contribution in [0.1, 0.15) is 63.7 Å². The average molecular weight is 318 g/mol. The Morgan fingerprint density at radius 2 is 1.91 bits per heavy atom. The third-order valence-corrected chi connectivity index (χ3v) is 5.34. The lowest BCUT2D eigenvalue weighted by Gasteiger charge is -2.34. The highest BCUT2D eigenvalue weighted by molar-refractivity contribution is 5.94. The number of rotatable bonds is 3. The topological polar surface area (TPSA) is 41.4 Å². The number of likely N-dealkylation sites (tertiary alicyclic amines) is 2. The Morgan fingerprint density at radius 3 is 2.57 bits per heavy atom. The van der Waals surface area contributed by atoms with E-state index >= 15 is 0 Å². The van der Waals surface area contributed by atoms with Crippen molar-refractivity contribution in [2.45, 2.75) is 71.0 Å². The number of hydrogen-bond donors (Lipinski definition) is 0. The van der Waals surface area contributed by atoms with Crippen molar-refractivity contribution < 1.29 is 4.79 Å². The molecule has 0 unspecified atom stereocenters. The highest BCUT2D eigenvalue weighted by atomic mass is 16.2. The predicted octanol–water partition coefficient (Wildman–Crippen LogP) is 2.73. The minimum atomic E-state index is -0.0899. The van der Waals surface area contributed by atoms with Gasteiger partial charge in [0.2, 0.25) is 0 Å². The van der Waals surface area contributed by atoms with E-state index in [0.29, 0.717) is 12.1 Å². The van der Waals surface area contributed by atoms with Gasteiger partial charge in [0.05, 0.1) is 17.3 Å². The zero-order valence-electron chi connectivity index (χ0n) is 15.0. The summed E-state index contributed by atoms with van der Waals surface area (Å²) in [5.74, 6) is 0.158. The number of likely N-dealkylation sites (N-methyl/N-ethyl adjacent to an activating group) is 1. The maximum atomic E-state index is 13.0. The summed E-state index contributed by atoms with van der Waals surface area (Å²) in [5, 5.41) is 4.39. The van der Waals surface area contributed by atoms with Crippen molar-refractivity contribution in [2.75, 3.05) is 19.6 Å². The fraction of sp³-hybridized carbons (Fsp3) is 0.778. The molecule has 0 radical (unpaired) electrons. The Balaban J connectivity index is 1.77. The SMILES string of the molecule is CCN1CCC[C@@H]1[C@H]1CCCN1C(=O)c1cnn(C(C)(C)C)c1. The molecule has 0 bridgehead atoms. The molecule has 2 aliphatic rings. The van der Waals surface area contributed by atoms with Crippen LogP contribution in [0.2, 0.25) is 0 Å². The Labute approximate surface area is 139 Å². The van der Waals surface area contributed by atoms with Gasteiger partial charge in [-0.15, -0.1) is 0 Å². The summed E-state index contributed by atoms with van der Waals surface area (Å²) < 4.78 is 1.89. The van der Waals surface area contributed by atoms with E-state index in [1.54, 1.807) is 6.20 Å². The number of carbonyl (C=O) groups is 1. The lowest BCUT2D eigenvalue weighted by molar-refractivity contribution is 0.0649. The van der Waals surface area contributed by atoms with E-state index in [1.807, 2.05) is 10.9 Å². The quantitative estimate of drug-likeness (QED) is 0.860. The summed E-state index contributed by atoms with van der Waals surface area (Å²) in [6.45, 7) is 11.7. The van der Waals surface area contributed by atoms with E-state index in [0.717, 1.165) is 31.5 Å². The smallest absolute Gasteiger partial charge is 0.257 e. The van der Waals surface area contributed by atoms with Crippen LogP contribution < -0.4 is 0 Å². The van der Waals surface area contributed by atoms with Crippen LogP contribution in [-0.2, 0) is 5.54 Å². The first kappa shape index (κ1) is 16.5. The number of carbonyl (C=O) groups excluding carboxylic acids is 1. The molecule has 1 amide bonds. The first-order chi connectivity index (χ1) is 10.9. The van der Waals surface area contributed by atoms with Crippen molar-refractivity contribution in [1.29, 1.82) is 0 Å². The van der Waals surface area contributed by atoms with Gasteiger partial charge in [0.1, 0.15) is 0 Å². The molecule has 2 fully saturated rings. The van der Waals surface area contributed by atoms with Gasteiger partial charge in [0, 0.05) is 24.8 Å². The van der Waals surface area contributed by atoms with Gasteiger partial charge in [0.15, 0.2) is 0 Å². The van der Waals surface area contributed by atoms with Crippen LogP contribution >= 0.6 is 0 Å². The average Bonchev–Trinajstić information content (AvgIpc) is 3.23. The molecule has 128 valence electrons. The largest absolute Gasteiger partial charge is 0.334 e. The number of amides is 1. The predicted molar refractivity (Wildman–Crippen MR) is 91.6 cm³/mol. The first-order valence-corrected chi connectivity index (χ1v) is 9.02. The van der Waals surface area contributed by atoms with Gasteiger partial charge in [-0.25, -0.2) is 0 Å². The Kier molecular flexibility index (Phi) is 4.50. The second kappa shape index (κ2) is 6.27. The molecule has 2 saturated heterocycles. The minimum Gasteiger partial charge on any atom is -0.334 e. The standard InChI is InChI=1S/C18H30N4O/c1-5-20-10-6-8-15(20)16-9-7-11-21(16)17(23)14-12-19-22(13-14)18(2,3)4/h12-13,15-16H,5-11H2,1-4H3/t15-,16-/m1/s1. The maximum Gasteiger partial charge on any atom is 0.257 e. The first-order valence-electron chi connectivity index (χ1n) is 9.02.